The third-order valence-corrected chi connectivity index (χ3v) is 5.06. The molecule has 1 amide bonds. The molecule has 8 heteroatoms. The highest BCUT2D eigenvalue weighted by Gasteiger charge is 2.10. The minimum absolute atomic E-state index is 0. The average molecular weight is 480 g/mol. The van der Waals surface area contributed by atoms with Crippen LogP contribution in [0.15, 0.2) is 72.9 Å². The fourth-order valence-corrected chi connectivity index (χ4v) is 3.43. The number of pyridine rings is 1. The number of carbonyl (C=O) groups is 1. The van der Waals surface area contributed by atoms with Gasteiger partial charge in [0.1, 0.15) is 12.4 Å². The van der Waals surface area contributed by atoms with Crippen LogP contribution in [0.25, 0.3) is 10.9 Å². The highest BCUT2D eigenvalue weighted by Crippen LogP contribution is 2.35. The van der Waals surface area contributed by atoms with Crippen molar-refractivity contribution < 1.29 is 19.0 Å². The second-order valence-electron chi connectivity index (χ2n) is 7.40. The first-order valence-corrected chi connectivity index (χ1v) is 10.4. The van der Waals surface area contributed by atoms with Gasteiger partial charge in [-0.15, -0.1) is 12.4 Å². The maximum atomic E-state index is 11.1. The van der Waals surface area contributed by atoms with Crippen molar-refractivity contribution in [3.05, 3.63) is 78.5 Å². The molecule has 0 unspecified atom stereocenters. The van der Waals surface area contributed by atoms with Crippen LogP contribution in [0.2, 0.25) is 0 Å². The molecule has 0 bridgehead atoms. The summed E-state index contributed by atoms with van der Waals surface area (Å²) in [5.74, 6) is 1.96. The number of amides is 1. The van der Waals surface area contributed by atoms with Crippen molar-refractivity contribution in [2.24, 2.45) is 0 Å². The van der Waals surface area contributed by atoms with Crippen LogP contribution < -0.4 is 24.8 Å². The maximum Gasteiger partial charge on any atom is 0.221 e. The molecule has 0 fully saturated rings. The van der Waals surface area contributed by atoms with Gasteiger partial charge in [0.15, 0.2) is 11.5 Å². The smallest absolute Gasteiger partial charge is 0.221 e. The molecule has 2 N–H and O–H groups in total. The Labute approximate surface area is 204 Å². The number of benzene rings is 3. The van der Waals surface area contributed by atoms with E-state index >= 15 is 0 Å². The van der Waals surface area contributed by atoms with Crippen LogP contribution in [-0.4, -0.2) is 25.1 Å². The minimum Gasteiger partial charge on any atom is -0.493 e. The number of carbonyl (C=O) groups excluding carboxylic acids is 1. The Balaban J connectivity index is 0.00000324. The van der Waals surface area contributed by atoms with Crippen LogP contribution in [-0.2, 0) is 11.4 Å². The van der Waals surface area contributed by atoms with Crippen molar-refractivity contribution in [3.8, 4) is 17.2 Å². The molecule has 176 valence electrons. The van der Waals surface area contributed by atoms with E-state index in [1.54, 1.807) is 20.4 Å². The molecule has 0 radical (unpaired) electrons. The molecular formula is C26H26ClN3O4. The number of hydrogen-bond donors (Lipinski definition) is 2. The molecule has 0 atom stereocenters. The summed E-state index contributed by atoms with van der Waals surface area (Å²) in [5.41, 5.74) is 4.42. The van der Waals surface area contributed by atoms with E-state index in [1.807, 2.05) is 66.7 Å². The second-order valence-corrected chi connectivity index (χ2v) is 7.40. The standard InChI is InChI=1S/C26H25N3O4.ClH/c1-17(30)28-19-6-4-18(5-7-19)16-33-21-10-8-20(9-11-21)29-23-12-13-27-24-15-26(32-3)25(31-2)14-22(23)24;/h4-15H,16H2,1-3H3,(H,27,29)(H,28,30);1H. The van der Waals surface area contributed by atoms with Gasteiger partial charge in [0.25, 0.3) is 0 Å². The summed E-state index contributed by atoms with van der Waals surface area (Å²) in [5, 5.41) is 7.11. The molecule has 3 aromatic carbocycles. The number of fused-ring (bicyclic) bond motifs is 1. The molecule has 0 saturated carbocycles. The Bertz CT molecular complexity index is 1260. The van der Waals surface area contributed by atoms with Crippen LogP contribution in [0, 0.1) is 0 Å². The summed E-state index contributed by atoms with van der Waals surface area (Å²) in [7, 11) is 3.22. The number of anilines is 3. The second kappa shape index (κ2) is 11.2. The quantitative estimate of drug-likeness (QED) is 0.325. The molecule has 1 heterocycles. The topological polar surface area (TPSA) is 81.7 Å². The molecular weight excluding hydrogens is 454 g/mol. The fourth-order valence-electron chi connectivity index (χ4n) is 3.43. The number of methoxy groups -OCH3 is 2. The summed E-state index contributed by atoms with van der Waals surface area (Å²) < 4.78 is 16.7. The fraction of sp³-hybridized carbons (Fsp3) is 0.154. The molecule has 4 rings (SSSR count). The van der Waals surface area contributed by atoms with E-state index in [0.29, 0.717) is 18.1 Å². The van der Waals surface area contributed by atoms with Gasteiger partial charge in [-0.05, 0) is 54.1 Å². The molecule has 0 spiro atoms. The third kappa shape index (κ3) is 5.88. The zero-order valence-electron chi connectivity index (χ0n) is 19.1. The van der Waals surface area contributed by atoms with Crippen LogP contribution in [0.4, 0.5) is 17.1 Å². The maximum absolute atomic E-state index is 11.1. The van der Waals surface area contributed by atoms with Crippen LogP contribution in [0.5, 0.6) is 17.2 Å². The van der Waals surface area contributed by atoms with E-state index in [-0.39, 0.29) is 18.3 Å². The van der Waals surface area contributed by atoms with Gasteiger partial charge in [0.05, 0.1) is 19.7 Å². The lowest BCUT2D eigenvalue weighted by molar-refractivity contribution is -0.114. The molecule has 0 aliphatic heterocycles. The largest absolute Gasteiger partial charge is 0.493 e. The predicted octanol–water partition coefficient (Wildman–Crippen LogP) is 5.95. The predicted molar refractivity (Wildman–Crippen MR) is 137 cm³/mol. The number of aromatic nitrogens is 1. The Hall–Kier alpha value is -3.97. The van der Waals surface area contributed by atoms with Gasteiger partial charge >= 0.3 is 0 Å². The van der Waals surface area contributed by atoms with Crippen molar-refractivity contribution in [1.29, 1.82) is 0 Å². The van der Waals surface area contributed by atoms with Crippen molar-refractivity contribution >= 4 is 46.3 Å². The van der Waals surface area contributed by atoms with Gasteiger partial charge in [0, 0.05) is 41.6 Å². The zero-order valence-corrected chi connectivity index (χ0v) is 19.9. The first-order chi connectivity index (χ1) is 16.1. The highest BCUT2D eigenvalue weighted by molar-refractivity contribution is 5.95. The lowest BCUT2D eigenvalue weighted by atomic mass is 10.1. The van der Waals surface area contributed by atoms with Gasteiger partial charge in [-0.3, -0.25) is 9.78 Å². The summed E-state index contributed by atoms with van der Waals surface area (Å²) in [6.07, 6.45) is 1.76. The third-order valence-electron chi connectivity index (χ3n) is 5.06. The van der Waals surface area contributed by atoms with E-state index in [0.717, 1.165) is 39.3 Å². The lowest BCUT2D eigenvalue weighted by Gasteiger charge is -2.13. The first-order valence-electron chi connectivity index (χ1n) is 10.4. The number of nitrogens with one attached hydrogen (secondary N) is 2. The zero-order chi connectivity index (χ0) is 23.2. The Kier molecular flexibility index (Phi) is 8.16. The van der Waals surface area contributed by atoms with E-state index in [9.17, 15) is 4.79 Å². The summed E-state index contributed by atoms with van der Waals surface area (Å²) in [4.78, 5) is 15.6. The number of hydrogen-bond acceptors (Lipinski definition) is 6. The molecule has 4 aromatic rings. The number of rotatable bonds is 8. The minimum atomic E-state index is -0.0914. The molecule has 0 aliphatic rings. The normalized spacial score (nSPS) is 10.2. The summed E-state index contributed by atoms with van der Waals surface area (Å²) in [6, 6.07) is 21.0. The van der Waals surface area contributed by atoms with Crippen LogP contribution in [0.1, 0.15) is 12.5 Å². The number of nitrogens with zero attached hydrogens (tertiary/aromatic N) is 1. The number of halogens is 1. The monoisotopic (exact) mass is 479 g/mol. The van der Waals surface area contributed by atoms with E-state index in [1.165, 1.54) is 6.92 Å². The summed E-state index contributed by atoms with van der Waals surface area (Å²) in [6.45, 7) is 1.92. The Morgan fingerprint density at radius 2 is 1.53 bits per heavy atom. The van der Waals surface area contributed by atoms with Gasteiger partial charge in [0.2, 0.25) is 5.91 Å². The Morgan fingerprint density at radius 1 is 0.882 bits per heavy atom. The molecule has 0 saturated heterocycles. The van der Waals surface area contributed by atoms with Crippen molar-refractivity contribution in [1.82, 2.24) is 4.98 Å². The van der Waals surface area contributed by atoms with E-state index in [2.05, 4.69) is 15.6 Å². The average Bonchev–Trinajstić information content (AvgIpc) is 2.83. The highest BCUT2D eigenvalue weighted by atomic mass is 35.5. The van der Waals surface area contributed by atoms with Gasteiger partial charge < -0.3 is 24.8 Å². The van der Waals surface area contributed by atoms with Gasteiger partial charge in [-0.25, -0.2) is 0 Å². The van der Waals surface area contributed by atoms with Crippen LogP contribution in [0.3, 0.4) is 0 Å². The van der Waals surface area contributed by atoms with Crippen LogP contribution >= 0.6 is 12.4 Å². The molecule has 0 aliphatic carbocycles. The van der Waals surface area contributed by atoms with Crippen molar-refractivity contribution in [3.63, 3.8) is 0 Å². The molecule has 1 aromatic heterocycles. The van der Waals surface area contributed by atoms with E-state index in [4.69, 9.17) is 14.2 Å². The Morgan fingerprint density at radius 3 is 2.18 bits per heavy atom. The van der Waals surface area contributed by atoms with Gasteiger partial charge in [-0.1, -0.05) is 12.1 Å². The molecule has 7 nitrogen and oxygen atoms in total. The number of ether oxygens (including phenoxy) is 3. The first kappa shape index (κ1) is 24.7. The lowest BCUT2D eigenvalue weighted by Crippen LogP contribution is -2.05. The van der Waals surface area contributed by atoms with Gasteiger partial charge in [-0.2, -0.15) is 0 Å². The SMILES string of the molecule is COc1cc2nccc(Nc3ccc(OCc4ccc(NC(C)=O)cc4)cc3)c2cc1OC.Cl. The van der Waals surface area contributed by atoms with Crippen molar-refractivity contribution in [2.75, 3.05) is 24.9 Å². The molecule has 34 heavy (non-hydrogen) atoms. The van der Waals surface area contributed by atoms with E-state index < -0.39 is 0 Å². The van der Waals surface area contributed by atoms with Crippen molar-refractivity contribution in [2.45, 2.75) is 13.5 Å². The summed E-state index contributed by atoms with van der Waals surface area (Å²) >= 11 is 0.